The molecule has 0 spiro atoms. The quantitative estimate of drug-likeness (QED) is 0.0781. The Balaban J connectivity index is 0.000000131. The van der Waals surface area contributed by atoms with Gasteiger partial charge in [-0.2, -0.15) is 5.26 Å². The van der Waals surface area contributed by atoms with Crippen molar-refractivity contribution in [3.05, 3.63) is 143 Å². The molecule has 1 aliphatic carbocycles. The third-order valence-electron chi connectivity index (χ3n) is 11.0. The molecule has 16 nitrogen and oxygen atoms in total. The first kappa shape index (κ1) is 44.2. The smallest absolute Gasteiger partial charge is 0.227 e. The van der Waals surface area contributed by atoms with Crippen LogP contribution in [0.2, 0.25) is 0 Å². The number of hydrogen-bond acceptors (Lipinski definition) is 16. The number of nitrogens with zero attached hydrogens (tertiary/aromatic N) is 7. The Hall–Kier alpha value is -6.45. The second kappa shape index (κ2) is 22.8. The van der Waals surface area contributed by atoms with E-state index in [1.807, 2.05) is 79.4 Å². The fraction of sp³-hybridized carbons (Fsp3) is 0.354. The van der Waals surface area contributed by atoms with Crippen LogP contribution in [0.25, 0.3) is 0 Å². The molecule has 10 rings (SSSR count). The van der Waals surface area contributed by atoms with Gasteiger partial charge < -0.3 is 46.1 Å². The summed E-state index contributed by atoms with van der Waals surface area (Å²) < 4.78 is 17.2. The van der Waals surface area contributed by atoms with E-state index in [1.165, 1.54) is 41.9 Å². The van der Waals surface area contributed by atoms with Crippen LogP contribution in [-0.4, -0.2) is 89.0 Å². The van der Waals surface area contributed by atoms with Gasteiger partial charge in [0.1, 0.15) is 6.07 Å². The number of aryl methyl sites for hydroxylation is 1. The van der Waals surface area contributed by atoms with Crippen LogP contribution in [0.3, 0.4) is 0 Å². The molecule has 6 aromatic rings. The Morgan fingerprint density at radius 1 is 0.516 bits per heavy atom. The van der Waals surface area contributed by atoms with Crippen molar-refractivity contribution in [1.29, 1.82) is 5.26 Å². The van der Waals surface area contributed by atoms with Crippen molar-refractivity contribution < 1.29 is 14.2 Å². The van der Waals surface area contributed by atoms with E-state index in [4.69, 9.17) is 19.5 Å². The van der Waals surface area contributed by atoms with Gasteiger partial charge >= 0.3 is 0 Å². The van der Waals surface area contributed by atoms with Gasteiger partial charge in [0.05, 0.1) is 56.1 Å². The Kier molecular flexibility index (Phi) is 15.7. The number of ether oxygens (including phenoxy) is 3. The summed E-state index contributed by atoms with van der Waals surface area (Å²) in [5.41, 5.74) is 9.23. The van der Waals surface area contributed by atoms with Crippen LogP contribution in [0.15, 0.2) is 110 Å². The van der Waals surface area contributed by atoms with E-state index in [0.29, 0.717) is 29.3 Å². The van der Waals surface area contributed by atoms with Gasteiger partial charge in [0, 0.05) is 81.1 Å². The summed E-state index contributed by atoms with van der Waals surface area (Å²) in [5.74, 6) is 2.43. The molecule has 0 amide bonds. The fourth-order valence-corrected chi connectivity index (χ4v) is 7.15. The van der Waals surface area contributed by atoms with E-state index < -0.39 is 0 Å². The highest BCUT2D eigenvalue weighted by atomic mass is 16.5. The molecule has 3 atom stereocenters. The van der Waals surface area contributed by atoms with Crippen LogP contribution >= 0.6 is 0 Å². The van der Waals surface area contributed by atoms with Crippen molar-refractivity contribution in [2.75, 3.05) is 75.0 Å². The van der Waals surface area contributed by atoms with Crippen LogP contribution in [0, 0.1) is 11.3 Å². The molecule has 6 N–H and O–H groups in total. The van der Waals surface area contributed by atoms with E-state index in [2.05, 4.69) is 93.0 Å². The highest BCUT2D eigenvalue weighted by Gasteiger charge is 2.24. The Morgan fingerprint density at radius 3 is 1.19 bits per heavy atom. The van der Waals surface area contributed by atoms with Gasteiger partial charge in [-0.3, -0.25) is 0 Å². The molecule has 330 valence electrons. The third kappa shape index (κ3) is 13.0. The highest BCUT2D eigenvalue weighted by molar-refractivity contribution is 5.56. The molecule has 0 radical (unpaired) electrons. The molecule has 0 bridgehead atoms. The summed E-state index contributed by atoms with van der Waals surface area (Å²) in [7, 11) is 0. The first-order valence-corrected chi connectivity index (χ1v) is 22.0. The minimum atomic E-state index is 0.110. The van der Waals surface area contributed by atoms with E-state index in [-0.39, 0.29) is 18.3 Å². The van der Waals surface area contributed by atoms with Crippen molar-refractivity contribution in [2.45, 2.75) is 50.4 Å². The van der Waals surface area contributed by atoms with Crippen LogP contribution in [0.5, 0.6) is 0 Å². The summed E-state index contributed by atoms with van der Waals surface area (Å²) in [6, 6.07) is 26.5. The maximum Gasteiger partial charge on any atom is 0.227 e. The van der Waals surface area contributed by atoms with Gasteiger partial charge in [-0.25, -0.2) is 29.9 Å². The zero-order valence-electron chi connectivity index (χ0n) is 36.0. The second-order valence-electron chi connectivity index (χ2n) is 15.7. The summed E-state index contributed by atoms with van der Waals surface area (Å²) in [6.45, 7) is 9.72. The van der Waals surface area contributed by atoms with Crippen molar-refractivity contribution >= 4 is 34.9 Å². The Labute approximate surface area is 374 Å². The largest absolute Gasteiger partial charge is 0.371 e. The third-order valence-corrected chi connectivity index (χ3v) is 11.0. The SMILES string of the molecule is CCc1cnc(Nc2ccc([C@H]3CNCCO3)cc2)nc1.N#Cc1cnc(Nc2ccc([C@H]3CNCCO3)cc2)nc1.c1cc([C@H]2CNCCO2)ccc1Nc1ncc(C2CC2)cn1. The number of benzene rings is 3. The molecule has 64 heavy (non-hydrogen) atoms. The van der Waals surface area contributed by atoms with Gasteiger partial charge in [-0.1, -0.05) is 43.3 Å². The number of morpholine rings is 3. The summed E-state index contributed by atoms with van der Waals surface area (Å²) in [4.78, 5) is 25.5. The van der Waals surface area contributed by atoms with Gasteiger partial charge in [0.25, 0.3) is 0 Å². The number of nitriles is 1. The van der Waals surface area contributed by atoms with Gasteiger partial charge in [-0.05, 0) is 89.4 Å². The standard InChI is InChI=1S/C17H20N4O.C16H20N4O.C15H15N5O/c1-2-12(1)14-9-19-17(20-10-14)21-15-5-3-13(4-6-15)16-11-18-7-8-22-16;1-2-12-9-18-16(19-10-12)20-14-5-3-13(4-6-14)15-11-17-7-8-21-15;16-7-11-8-18-15(19-9-11)20-13-3-1-12(2-4-13)14-10-17-5-6-21-14/h3-6,9-10,12,16,18H,1-2,7-8,11H2,(H,19,20,21);3-6,9-10,15,17H,2,7-8,11H2,1H3,(H,18,19,20);1-4,8-9,14,17H,5-6,10H2,(H,18,19,20)/t16-;15-;14-/m111/s1. The summed E-state index contributed by atoms with van der Waals surface area (Å²) >= 11 is 0. The van der Waals surface area contributed by atoms with Crippen molar-refractivity contribution in [3.8, 4) is 6.07 Å². The zero-order valence-corrected chi connectivity index (χ0v) is 36.0. The van der Waals surface area contributed by atoms with Gasteiger partial charge in [0.15, 0.2) is 0 Å². The van der Waals surface area contributed by atoms with Crippen LogP contribution in [0.4, 0.5) is 34.9 Å². The molecule has 3 aromatic carbocycles. The molecule has 3 aromatic heterocycles. The molecule has 4 fully saturated rings. The molecule has 1 saturated carbocycles. The first-order chi connectivity index (χ1) is 31.6. The monoisotopic (exact) mass is 861 g/mol. The maximum atomic E-state index is 8.71. The Bertz CT molecular complexity index is 2340. The topological polar surface area (TPSA) is 201 Å². The first-order valence-electron chi connectivity index (χ1n) is 22.0. The van der Waals surface area contributed by atoms with Gasteiger partial charge in [0.2, 0.25) is 17.8 Å². The van der Waals surface area contributed by atoms with Crippen molar-refractivity contribution in [3.63, 3.8) is 0 Å². The van der Waals surface area contributed by atoms with E-state index >= 15 is 0 Å². The second-order valence-corrected chi connectivity index (χ2v) is 15.7. The average molecular weight is 862 g/mol. The van der Waals surface area contributed by atoms with Crippen LogP contribution in [-0.2, 0) is 20.6 Å². The summed E-state index contributed by atoms with van der Waals surface area (Å²) in [6.07, 6.45) is 14.5. The molecule has 3 aliphatic heterocycles. The lowest BCUT2D eigenvalue weighted by Gasteiger charge is -2.24. The molecule has 0 unspecified atom stereocenters. The Morgan fingerprint density at radius 2 is 0.875 bits per heavy atom. The number of nitrogens with one attached hydrogen (secondary N) is 6. The normalized spacial score (nSPS) is 19.3. The minimum Gasteiger partial charge on any atom is -0.371 e. The van der Waals surface area contributed by atoms with Crippen molar-refractivity contribution in [1.82, 2.24) is 45.9 Å². The van der Waals surface area contributed by atoms with Crippen LogP contribution in [0.1, 0.15) is 77.4 Å². The zero-order chi connectivity index (χ0) is 43.8. The number of hydrogen-bond donors (Lipinski definition) is 6. The van der Waals surface area contributed by atoms with Crippen LogP contribution < -0.4 is 31.9 Å². The number of rotatable bonds is 11. The predicted octanol–water partition coefficient (Wildman–Crippen LogP) is 6.95. The number of anilines is 6. The predicted molar refractivity (Wildman–Crippen MR) is 246 cm³/mol. The molecule has 16 heteroatoms. The fourth-order valence-electron chi connectivity index (χ4n) is 7.15. The number of aromatic nitrogens is 6. The lowest BCUT2D eigenvalue weighted by molar-refractivity contribution is 0.0276. The lowest BCUT2D eigenvalue weighted by atomic mass is 10.1. The van der Waals surface area contributed by atoms with Gasteiger partial charge in [-0.15, -0.1) is 0 Å². The molecule has 4 aliphatic rings. The summed E-state index contributed by atoms with van der Waals surface area (Å²) in [5, 5.41) is 28.2. The maximum absolute atomic E-state index is 8.71. The van der Waals surface area contributed by atoms with E-state index in [9.17, 15) is 0 Å². The molecular formula is C48H55N13O3. The van der Waals surface area contributed by atoms with E-state index in [0.717, 1.165) is 93.7 Å². The van der Waals surface area contributed by atoms with E-state index in [1.54, 1.807) is 0 Å². The lowest BCUT2D eigenvalue weighted by Crippen LogP contribution is -2.33. The molecule has 3 saturated heterocycles. The van der Waals surface area contributed by atoms with Crippen molar-refractivity contribution in [2.24, 2.45) is 0 Å². The highest BCUT2D eigenvalue weighted by Crippen LogP contribution is 2.39. The molecule has 6 heterocycles. The minimum absolute atomic E-state index is 0.110. The average Bonchev–Trinajstić information content (AvgIpc) is 4.23. The molecular weight excluding hydrogens is 807 g/mol.